The Morgan fingerprint density at radius 2 is 1.19 bits per heavy atom. The van der Waals surface area contributed by atoms with Gasteiger partial charge in [0.2, 0.25) is 0 Å². The highest BCUT2D eigenvalue weighted by atomic mass is 13.9. The topological polar surface area (TPSA) is 0 Å². The smallest absolute Gasteiger partial charge is 0.0146 e. The van der Waals surface area contributed by atoms with Gasteiger partial charge in [-0.2, -0.15) is 0 Å². The van der Waals surface area contributed by atoms with Crippen LogP contribution in [-0.2, 0) is 0 Å². The molecule has 0 aromatic carbocycles. The largest absolute Gasteiger partial charge is 0.124 e. The summed E-state index contributed by atoms with van der Waals surface area (Å²) in [6.45, 7) is 30.2. The predicted molar refractivity (Wildman–Crippen MR) is 106 cm³/mol. The molecule has 0 aliphatic heterocycles. The Morgan fingerprint density at radius 1 is 0.952 bits per heavy atom. The molecule has 0 N–H and O–H groups in total. The van der Waals surface area contributed by atoms with Gasteiger partial charge in [0.25, 0.3) is 0 Å². The fourth-order valence-electron chi connectivity index (χ4n) is 0.289. The van der Waals surface area contributed by atoms with Crippen LogP contribution in [-0.4, -0.2) is 0 Å². The number of allylic oxidation sites excluding steroid dienone is 1. The number of hydrogen-bond donors (Lipinski definition) is 0. The lowest BCUT2D eigenvalue weighted by atomic mass is 10.2. The highest BCUT2D eigenvalue weighted by molar-refractivity contribution is 4.97. The Balaban J connectivity index is -0.0000000344. The summed E-state index contributed by atoms with van der Waals surface area (Å²) in [5, 5.41) is 0. The van der Waals surface area contributed by atoms with Crippen LogP contribution < -0.4 is 0 Å². The minimum absolute atomic E-state index is 0.537. The van der Waals surface area contributed by atoms with Crippen LogP contribution in [0.4, 0.5) is 0 Å². The molecule has 0 fully saturated rings. The number of terminal acetylenes is 1. The average molecular weight is 293 g/mol. The molecule has 0 aromatic rings. The Hall–Kier alpha value is -1.66. The maximum absolute atomic E-state index is 4.00. The second kappa shape index (κ2) is 63.2. The van der Waals surface area contributed by atoms with Gasteiger partial charge in [0.1, 0.15) is 0 Å². The van der Waals surface area contributed by atoms with E-state index in [4.69, 9.17) is 0 Å². The summed E-state index contributed by atoms with van der Waals surface area (Å²) in [6.07, 6.45) is 12.3. The zero-order valence-electron chi connectivity index (χ0n) is 15.8. The van der Waals surface area contributed by atoms with E-state index in [0.29, 0.717) is 5.92 Å². The van der Waals surface area contributed by atoms with Crippen LogP contribution in [0.5, 0.6) is 0 Å². The first-order valence-corrected chi connectivity index (χ1v) is 7.32. The van der Waals surface area contributed by atoms with E-state index in [1.165, 1.54) is 6.42 Å². The highest BCUT2D eigenvalue weighted by Gasteiger charge is 1.80. The molecule has 0 nitrogen and oxygen atoms in total. The van der Waals surface area contributed by atoms with Crippen molar-refractivity contribution in [2.75, 3.05) is 0 Å². The van der Waals surface area contributed by atoms with E-state index in [-0.39, 0.29) is 0 Å². The van der Waals surface area contributed by atoms with Gasteiger partial charge in [0.15, 0.2) is 0 Å². The van der Waals surface area contributed by atoms with E-state index < -0.39 is 0 Å². The van der Waals surface area contributed by atoms with Gasteiger partial charge < -0.3 is 0 Å². The summed E-state index contributed by atoms with van der Waals surface area (Å²) >= 11 is 0. The molecule has 124 valence electrons. The lowest BCUT2D eigenvalue weighted by Crippen LogP contribution is -1.77. The van der Waals surface area contributed by atoms with Crippen LogP contribution in [0.25, 0.3) is 0 Å². The van der Waals surface area contributed by atoms with Gasteiger partial charge in [0.05, 0.1) is 0 Å². The minimum atomic E-state index is 0.537. The van der Waals surface area contributed by atoms with Crippen LogP contribution >= 0.6 is 0 Å². The number of hydrogen-bond acceptors (Lipinski definition) is 0. The molecule has 0 heterocycles. The van der Waals surface area contributed by atoms with Crippen molar-refractivity contribution in [3.63, 3.8) is 0 Å². The third kappa shape index (κ3) is 260. The zero-order valence-corrected chi connectivity index (χ0v) is 15.8. The highest BCUT2D eigenvalue weighted by Crippen LogP contribution is 1.93. The van der Waals surface area contributed by atoms with Crippen molar-refractivity contribution in [1.29, 1.82) is 0 Å². The summed E-state index contributed by atoms with van der Waals surface area (Å²) in [7, 11) is 0. The van der Waals surface area contributed by atoms with Crippen LogP contribution in [0, 0.1) is 36.5 Å². The van der Waals surface area contributed by atoms with E-state index in [1.807, 2.05) is 13.0 Å². The Labute approximate surface area is 137 Å². The van der Waals surface area contributed by atoms with Gasteiger partial charge in [-0.15, -0.1) is 57.6 Å². The molecule has 0 heteroatoms. The van der Waals surface area contributed by atoms with Crippen molar-refractivity contribution in [1.82, 2.24) is 0 Å². The van der Waals surface area contributed by atoms with Crippen molar-refractivity contribution < 1.29 is 0 Å². The molecule has 0 radical (unpaired) electrons. The van der Waals surface area contributed by atoms with Gasteiger partial charge >= 0.3 is 0 Å². The molecule has 0 aromatic heterocycles. The standard InChI is InChI=1S/C6H10.C5H12.C4H8.2C2H4.C2H2/c1-4-5-6(2)3;1-4-5(2)3;1-3-4-2;3*1-2/h6H,1-3H3;5H,4H2,1-3H3;3H,1,4H2,2H3;2*1-2H2;1-2H. The van der Waals surface area contributed by atoms with Crippen LogP contribution in [0.15, 0.2) is 39.0 Å². The summed E-state index contributed by atoms with van der Waals surface area (Å²) in [6, 6.07) is 0. The zero-order chi connectivity index (χ0) is 18.7. The normalized spacial score (nSPS) is 6.05. The first-order chi connectivity index (χ1) is 9.95. The van der Waals surface area contributed by atoms with E-state index >= 15 is 0 Å². The Kier molecular flexibility index (Phi) is 110. The lowest BCUT2D eigenvalue weighted by molar-refractivity contribution is 0.626. The van der Waals surface area contributed by atoms with Crippen molar-refractivity contribution >= 4 is 0 Å². The van der Waals surface area contributed by atoms with Crippen LogP contribution in [0.1, 0.15) is 61.3 Å². The molecule has 0 saturated heterocycles. The van der Waals surface area contributed by atoms with Gasteiger partial charge in [-0.05, 0) is 19.3 Å². The van der Waals surface area contributed by atoms with E-state index in [1.54, 1.807) is 0 Å². The summed E-state index contributed by atoms with van der Waals surface area (Å²) in [4.78, 5) is 0. The van der Waals surface area contributed by atoms with Gasteiger partial charge in [-0.25, -0.2) is 0 Å². The van der Waals surface area contributed by atoms with Crippen molar-refractivity contribution in [2.45, 2.75) is 61.3 Å². The molecule has 0 aliphatic rings. The van der Waals surface area contributed by atoms with Crippen molar-refractivity contribution in [3.8, 4) is 24.7 Å². The predicted octanol–water partition coefficient (Wildman–Crippen LogP) is 7.15. The summed E-state index contributed by atoms with van der Waals surface area (Å²) < 4.78 is 0. The molecule has 0 unspecified atom stereocenters. The maximum Gasteiger partial charge on any atom is 0.0146 e. The van der Waals surface area contributed by atoms with Crippen molar-refractivity contribution in [3.05, 3.63) is 39.0 Å². The first kappa shape index (κ1) is 36.6. The van der Waals surface area contributed by atoms with E-state index in [9.17, 15) is 0 Å². The van der Waals surface area contributed by atoms with E-state index in [2.05, 4.69) is 99.1 Å². The molecule has 21 heavy (non-hydrogen) atoms. The Morgan fingerprint density at radius 3 is 1.19 bits per heavy atom. The maximum atomic E-state index is 4.00. The second-order valence-electron chi connectivity index (χ2n) is 4.05. The molecule has 0 amide bonds. The molecule has 0 rings (SSSR count). The molecule has 0 aliphatic carbocycles. The minimum Gasteiger partial charge on any atom is -0.124 e. The molecule has 0 saturated carbocycles. The molecular formula is C21H40. The lowest BCUT2D eigenvalue weighted by Gasteiger charge is -1.90. The third-order valence-corrected chi connectivity index (χ3v) is 1.54. The van der Waals surface area contributed by atoms with Crippen LogP contribution in [0.2, 0.25) is 0 Å². The van der Waals surface area contributed by atoms with Gasteiger partial charge in [0, 0.05) is 5.92 Å². The average Bonchev–Trinajstić information content (AvgIpc) is 2.53. The summed E-state index contributed by atoms with van der Waals surface area (Å²) in [5.74, 6) is 7.20. The molecular weight excluding hydrogens is 252 g/mol. The fraction of sp³-hybridized carbons (Fsp3) is 0.524. The summed E-state index contributed by atoms with van der Waals surface area (Å²) in [5.41, 5.74) is 0. The fourth-order valence-corrected chi connectivity index (χ4v) is 0.289. The first-order valence-electron chi connectivity index (χ1n) is 7.32. The SMILES string of the molecule is C#C.C=C.C=C.C=CCC.CC#CC(C)C.CCC(C)C. The van der Waals surface area contributed by atoms with Crippen molar-refractivity contribution in [2.24, 2.45) is 11.8 Å². The van der Waals surface area contributed by atoms with E-state index in [0.717, 1.165) is 12.3 Å². The van der Waals surface area contributed by atoms with Crippen LogP contribution in [0.3, 0.4) is 0 Å². The van der Waals surface area contributed by atoms with Gasteiger partial charge in [-0.1, -0.05) is 54.0 Å². The molecule has 0 spiro atoms. The molecule has 0 bridgehead atoms. The monoisotopic (exact) mass is 292 g/mol. The third-order valence-electron chi connectivity index (χ3n) is 1.54. The Bertz CT molecular complexity index is 205. The number of rotatable bonds is 2. The van der Waals surface area contributed by atoms with Gasteiger partial charge in [-0.3, -0.25) is 0 Å². The molecule has 0 atom stereocenters. The quantitative estimate of drug-likeness (QED) is 0.374. The second-order valence-corrected chi connectivity index (χ2v) is 4.05.